The van der Waals surface area contributed by atoms with Crippen molar-refractivity contribution < 1.29 is 21.6 Å². The van der Waals surface area contributed by atoms with Gasteiger partial charge in [0.2, 0.25) is 20.0 Å². The number of carbonyl (C=O) groups is 1. The fraction of sp³-hybridized carbons (Fsp3) is 0.278. The van der Waals surface area contributed by atoms with Crippen LogP contribution in [0.3, 0.4) is 0 Å². The number of anilines is 3. The van der Waals surface area contributed by atoms with Gasteiger partial charge in [0.1, 0.15) is 0 Å². The second kappa shape index (κ2) is 7.80. The summed E-state index contributed by atoms with van der Waals surface area (Å²) in [4.78, 5) is 12.6. The molecule has 10 heteroatoms. The van der Waals surface area contributed by atoms with Crippen molar-refractivity contribution in [2.24, 2.45) is 0 Å². The number of nitrogens with zero attached hydrogens (tertiary/aromatic N) is 2. The van der Waals surface area contributed by atoms with Crippen molar-refractivity contribution in [3.63, 3.8) is 0 Å². The Morgan fingerprint density at radius 3 is 2.07 bits per heavy atom. The second-order valence-electron chi connectivity index (χ2n) is 6.47. The van der Waals surface area contributed by atoms with Crippen LogP contribution in [0, 0.1) is 6.92 Å². The van der Waals surface area contributed by atoms with E-state index in [4.69, 9.17) is 0 Å². The van der Waals surface area contributed by atoms with Gasteiger partial charge >= 0.3 is 0 Å². The van der Waals surface area contributed by atoms with Crippen LogP contribution in [0.1, 0.15) is 15.9 Å². The molecule has 28 heavy (non-hydrogen) atoms. The number of aryl methyl sites for hydroxylation is 1. The number of amides is 1. The maximum atomic E-state index is 12.6. The van der Waals surface area contributed by atoms with Crippen molar-refractivity contribution in [3.05, 3.63) is 53.6 Å². The van der Waals surface area contributed by atoms with Crippen LogP contribution in [0.2, 0.25) is 0 Å². The zero-order valence-electron chi connectivity index (χ0n) is 16.3. The van der Waals surface area contributed by atoms with E-state index in [-0.39, 0.29) is 5.56 Å². The van der Waals surface area contributed by atoms with Gasteiger partial charge in [-0.2, -0.15) is 0 Å². The SMILES string of the molecule is Cc1ccc(C(=O)Nc2cccc(N(C)S(C)(=O)=O)c2)cc1N(C)S(C)(=O)=O. The third kappa shape index (κ3) is 5.02. The van der Waals surface area contributed by atoms with Crippen molar-refractivity contribution >= 4 is 43.0 Å². The van der Waals surface area contributed by atoms with Crippen molar-refractivity contribution in [2.75, 3.05) is 40.5 Å². The lowest BCUT2D eigenvalue weighted by atomic mass is 10.1. The monoisotopic (exact) mass is 425 g/mol. The van der Waals surface area contributed by atoms with E-state index in [2.05, 4.69) is 5.32 Å². The van der Waals surface area contributed by atoms with Crippen LogP contribution < -0.4 is 13.9 Å². The van der Waals surface area contributed by atoms with Crippen LogP contribution in [0.5, 0.6) is 0 Å². The molecule has 0 aliphatic carbocycles. The van der Waals surface area contributed by atoms with E-state index < -0.39 is 26.0 Å². The molecule has 0 saturated carbocycles. The maximum absolute atomic E-state index is 12.6. The number of hydrogen-bond donors (Lipinski definition) is 1. The third-order valence-corrected chi connectivity index (χ3v) is 6.67. The Hall–Kier alpha value is -2.59. The maximum Gasteiger partial charge on any atom is 0.255 e. The number of hydrogen-bond acceptors (Lipinski definition) is 5. The Morgan fingerprint density at radius 2 is 1.50 bits per heavy atom. The number of sulfonamides is 2. The summed E-state index contributed by atoms with van der Waals surface area (Å²) in [6, 6.07) is 11.2. The second-order valence-corrected chi connectivity index (χ2v) is 10.5. The first-order chi connectivity index (χ1) is 12.8. The summed E-state index contributed by atoms with van der Waals surface area (Å²) in [7, 11) is -4.06. The first kappa shape index (κ1) is 21.7. The third-order valence-electron chi connectivity index (χ3n) is 4.27. The van der Waals surface area contributed by atoms with E-state index in [1.165, 1.54) is 26.2 Å². The lowest BCUT2D eigenvalue weighted by Crippen LogP contribution is -2.26. The molecule has 152 valence electrons. The van der Waals surface area contributed by atoms with Crippen molar-refractivity contribution in [1.29, 1.82) is 0 Å². The summed E-state index contributed by atoms with van der Waals surface area (Å²) in [5.74, 6) is -0.442. The topological polar surface area (TPSA) is 104 Å². The molecule has 0 fully saturated rings. The highest BCUT2D eigenvalue weighted by Crippen LogP contribution is 2.24. The minimum Gasteiger partial charge on any atom is -0.322 e. The highest BCUT2D eigenvalue weighted by Gasteiger charge is 2.17. The Labute approximate surface area is 165 Å². The van der Waals surface area contributed by atoms with E-state index in [1.54, 1.807) is 37.3 Å². The van der Waals surface area contributed by atoms with Gasteiger partial charge in [0.15, 0.2) is 0 Å². The van der Waals surface area contributed by atoms with Crippen LogP contribution in [-0.2, 0) is 20.0 Å². The number of rotatable bonds is 6. The van der Waals surface area contributed by atoms with Crippen LogP contribution in [0.15, 0.2) is 42.5 Å². The molecule has 2 aromatic carbocycles. The van der Waals surface area contributed by atoms with Crippen molar-refractivity contribution in [2.45, 2.75) is 6.92 Å². The number of nitrogens with one attached hydrogen (secondary N) is 1. The molecule has 0 radical (unpaired) electrons. The molecule has 0 spiro atoms. The summed E-state index contributed by atoms with van der Waals surface area (Å²) in [5, 5.41) is 2.70. The van der Waals surface area contributed by atoms with Gasteiger partial charge in [-0.05, 0) is 42.8 Å². The molecular weight excluding hydrogens is 402 g/mol. The largest absolute Gasteiger partial charge is 0.322 e. The Bertz CT molecular complexity index is 1110. The van der Waals surface area contributed by atoms with Gasteiger partial charge < -0.3 is 5.32 Å². The highest BCUT2D eigenvalue weighted by atomic mass is 32.2. The smallest absolute Gasteiger partial charge is 0.255 e. The zero-order valence-corrected chi connectivity index (χ0v) is 17.9. The van der Waals surface area contributed by atoms with Crippen LogP contribution in [0.25, 0.3) is 0 Å². The van der Waals surface area contributed by atoms with Crippen LogP contribution in [-0.4, -0.2) is 49.3 Å². The Morgan fingerprint density at radius 1 is 0.893 bits per heavy atom. The molecule has 1 N–H and O–H groups in total. The minimum atomic E-state index is -3.47. The first-order valence-electron chi connectivity index (χ1n) is 8.20. The van der Waals surface area contributed by atoms with E-state index in [0.717, 1.165) is 21.1 Å². The molecule has 0 aromatic heterocycles. The average Bonchev–Trinajstić information content (AvgIpc) is 2.59. The van der Waals surface area contributed by atoms with E-state index >= 15 is 0 Å². The van der Waals surface area contributed by atoms with Gasteiger partial charge in [0.05, 0.1) is 23.9 Å². The summed E-state index contributed by atoms with van der Waals surface area (Å²) >= 11 is 0. The summed E-state index contributed by atoms with van der Waals surface area (Å²) in [5.41, 5.74) is 2.21. The Kier molecular flexibility index (Phi) is 6.05. The standard InChI is InChI=1S/C18H23N3O5S2/c1-13-9-10-14(11-17(13)21(3)28(5,25)26)18(22)19-15-7-6-8-16(12-15)20(2)27(4,23)24/h6-12H,1-5H3,(H,19,22). The molecule has 2 rings (SSSR count). The minimum absolute atomic E-state index is 0.276. The fourth-order valence-corrected chi connectivity index (χ4v) is 3.49. The normalized spacial score (nSPS) is 11.8. The van der Waals surface area contributed by atoms with Gasteiger partial charge in [-0.3, -0.25) is 13.4 Å². The van der Waals surface area contributed by atoms with Gasteiger partial charge in [-0.25, -0.2) is 16.8 Å². The molecule has 0 bridgehead atoms. The summed E-state index contributed by atoms with van der Waals surface area (Å²) < 4.78 is 49.2. The van der Waals surface area contributed by atoms with Crippen LogP contribution >= 0.6 is 0 Å². The quantitative estimate of drug-likeness (QED) is 0.763. The van der Waals surface area contributed by atoms with Gasteiger partial charge in [-0.1, -0.05) is 12.1 Å². The molecule has 0 aliphatic rings. The van der Waals surface area contributed by atoms with Gasteiger partial charge in [-0.15, -0.1) is 0 Å². The highest BCUT2D eigenvalue weighted by molar-refractivity contribution is 7.92. The molecule has 0 heterocycles. The van der Waals surface area contributed by atoms with Crippen molar-refractivity contribution in [3.8, 4) is 0 Å². The van der Waals surface area contributed by atoms with E-state index in [9.17, 15) is 21.6 Å². The molecule has 0 saturated heterocycles. The predicted octanol–water partition coefficient (Wildman–Crippen LogP) is 2.04. The molecule has 1 amide bonds. The first-order valence-corrected chi connectivity index (χ1v) is 11.9. The fourth-order valence-electron chi connectivity index (χ4n) is 2.44. The Balaban J connectivity index is 2.32. The molecule has 8 nitrogen and oxygen atoms in total. The molecule has 0 atom stereocenters. The lowest BCUT2D eigenvalue weighted by Gasteiger charge is -2.20. The molecule has 2 aromatic rings. The molecular formula is C18H23N3O5S2. The lowest BCUT2D eigenvalue weighted by molar-refractivity contribution is 0.102. The van der Waals surface area contributed by atoms with Crippen LogP contribution in [0.4, 0.5) is 17.1 Å². The zero-order chi connectivity index (χ0) is 21.3. The van der Waals surface area contributed by atoms with Gasteiger partial charge in [0.25, 0.3) is 5.91 Å². The molecule has 0 aliphatic heterocycles. The molecule has 0 unspecified atom stereocenters. The predicted molar refractivity (Wildman–Crippen MR) is 112 cm³/mol. The van der Waals surface area contributed by atoms with E-state index in [1.807, 2.05) is 0 Å². The summed E-state index contributed by atoms with van der Waals surface area (Å²) in [6.45, 7) is 1.75. The van der Waals surface area contributed by atoms with E-state index in [0.29, 0.717) is 22.6 Å². The van der Waals surface area contributed by atoms with Gasteiger partial charge in [0, 0.05) is 25.3 Å². The van der Waals surface area contributed by atoms with Crippen molar-refractivity contribution in [1.82, 2.24) is 0 Å². The number of carbonyl (C=O) groups excluding carboxylic acids is 1. The number of benzene rings is 2. The summed E-state index contributed by atoms with van der Waals surface area (Å²) in [6.07, 6.45) is 2.17. The average molecular weight is 426 g/mol.